The number of carboxylic acids is 1. The summed E-state index contributed by atoms with van der Waals surface area (Å²) >= 11 is 0. The lowest BCUT2D eigenvalue weighted by atomic mass is 9.99. The zero-order valence-electron chi connectivity index (χ0n) is 13.6. The maximum Gasteiger partial charge on any atom is 0.331 e. The topological polar surface area (TPSA) is 77.8 Å². The Bertz CT molecular complexity index is 310. The summed E-state index contributed by atoms with van der Waals surface area (Å²) in [5.41, 5.74) is 0.830. The Kier molecular flexibility index (Phi) is 12.3. The lowest BCUT2D eigenvalue weighted by Gasteiger charge is -2.12. The maximum absolute atomic E-state index is 10.8. The highest BCUT2D eigenvalue weighted by molar-refractivity contribution is 5.86. The van der Waals surface area contributed by atoms with Gasteiger partial charge in [0.15, 0.2) is 0 Å². The molecule has 0 heterocycles. The molecule has 0 aromatic heterocycles. The summed E-state index contributed by atoms with van der Waals surface area (Å²) < 4.78 is 0. The maximum atomic E-state index is 10.8. The van der Waals surface area contributed by atoms with E-state index < -0.39 is 12.1 Å². The van der Waals surface area contributed by atoms with Gasteiger partial charge in [-0.15, -0.1) is 0 Å². The van der Waals surface area contributed by atoms with Gasteiger partial charge < -0.3 is 15.3 Å². The molecule has 0 aliphatic rings. The van der Waals surface area contributed by atoms with Gasteiger partial charge >= 0.3 is 5.97 Å². The smallest absolute Gasteiger partial charge is 0.331 e. The monoisotopic (exact) mass is 300 g/mol. The quantitative estimate of drug-likeness (QED) is 0.358. The van der Waals surface area contributed by atoms with Crippen LogP contribution < -0.4 is 0 Å². The molecule has 0 aromatic carbocycles. The van der Waals surface area contributed by atoms with E-state index in [2.05, 4.69) is 0 Å². The van der Waals surface area contributed by atoms with E-state index in [0.717, 1.165) is 25.7 Å². The third-order valence-electron chi connectivity index (χ3n) is 4.05. The van der Waals surface area contributed by atoms with E-state index in [4.69, 9.17) is 10.2 Å². The van der Waals surface area contributed by atoms with Crippen molar-refractivity contribution in [1.29, 1.82) is 0 Å². The second-order valence-corrected chi connectivity index (χ2v) is 5.82. The van der Waals surface area contributed by atoms with E-state index in [0.29, 0.717) is 18.6 Å². The first-order valence-electron chi connectivity index (χ1n) is 8.20. The number of aliphatic hydroxyl groups excluding tert-OH is 2. The fourth-order valence-corrected chi connectivity index (χ4v) is 2.32. The summed E-state index contributed by atoms with van der Waals surface area (Å²) in [5, 5.41) is 27.4. The first-order valence-corrected chi connectivity index (χ1v) is 8.20. The summed E-state index contributed by atoms with van der Waals surface area (Å²) in [7, 11) is 0. The van der Waals surface area contributed by atoms with Crippen LogP contribution in [0.4, 0.5) is 0 Å². The average molecular weight is 300 g/mol. The predicted octanol–water partition coefficient (Wildman–Crippen LogP) is 3.66. The van der Waals surface area contributed by atoms with Crippen LogP contribution in [-0.2, 0) is 4.79 Å². The number of carbonyl (C=O) groups is 1. The van der Waals surface area contributed by atoms with Crippen molar-refractivity contribution in [3.8, 4) is 0 Å². The van der Waals surface area contributed by atoms with Crippen LogP contribution in [0.3, 0.4) is 0 Å². The molecule has 21 heavy (non-hydrogen) atoms. The molecule has 4 nitrogen and oxygen atoms in total. The Morgan fingerprint density at radius 1 is 0.857 bits per heavy atom. The molecule has 0 spiro atoms. The van der Waals surface area contributed by atoms with Crippen LogP contribution in [0.5, 0.6) is 0 Å². The first-order chi connectivity index (χ1) is 10.0. The number of hydrogen-bond donors (Lipinski definition) is 3. The van der Waals surface area contributed by atoms with Gasteiger partial charge in [-0.2, -0.15) is 0 Å². The lowest BCUT2D eigenvalue weighted by molar-refractivity contribution is -0.132. The minimum Gasteiger partial charge on any atom is -0.478 e. The number of carboxylic acid groups (broad SMARTS) is 1. The molecule has 0 rings (SSSR count). The third-order valence-corrected chi connectivity index (χ3v) is 4.05. The number of aliphatic hydroxyl groups is 2. The molecule has 0 aliphatic heterocycles. The second kappa shape index (κ2) is 12.8. The number of hydrogen-bond acceptors (Lipinski definition) is 3. The van der Waals surface area contributed by atoms with Crippen LogP contribution >= 0.6 is 0 Å². The van der Waals surface area contributed by atoms with Crippen LogP contribution in [0.15, 0.2) is 11.1 Å². The molecule has 0 bridgehead atoms. The Labute approximate surface area is 128 Å². The Morgan fingerprint density at radius 3 is 1.71 bits per heavy atom. The van der Waals surface area contributed by atoms with E-state index in [1.54, 1.807) is 6.92 Å². The van der Waals surface area contributed by atoms with E-state index in [9.17, 15) is 9.90 Å². The van der Waals surface area contributed by atoms with Gasteiger partial charge in [-0.25, -0.2) is 4.79 Å². The molecule has 4 heteroatoms. The Morgan fingerprint density at radius 2 is 1.29 bits per heavy atom. The summed E-state index contributed by atoms with van der Waals surface area (Å²) in [6.45, 7) is 3.54. The van der Waals surface area contributed by atoms with Gasteiger partial charge in [-0.1, -0.05) is 51.4 Å². The summed E-state index contributed by atoms with van der Waals surface area (Å²) in [6, 6.07) is 0. The van der Waals surface area contributed by atoms with Crippen LogP contribution in [-0.4, -0.2) is 34.0 Å². The SMILES string of the molecule is CC(C(=O)O)=C(C)C(O)CCCCCCCCCCCO. The molecule has 0 radical (unpaired) electrons. The van der Waals surface area contributed by atoms with Gasteiger partial charge in [-0.3, -0.25) is 0 Å². The fourth-order valence-electron chi connectivity index (χ4n) is 2.32. The van der Waals surface area contributed by atoms with E-state index >= 15 is 0 Å². The highest BCUT2D eigenvalue weighted by Crippen LogP contribution is 2.16. The zero-order chi connectivity index (χ0) is 16.1. The summed E-state index contributed by atoms with van der Waals surface area (Å²) in [6.07, 6.45) is 10.2. The Balaban J connectivity index is 3.55. The van der Waals surface area contributed by atoms with E-state index in [-0.39, 0.29) is 5.57 Å². The van der Waals surface area contributed by atoms with Crippen molar-refractivity contribution in [2.24, 2.45) is 0 Å². The average Bonchev–Trinajstić information content (AvgIpc) is 2.47. The predicted molar refractivity (Wildman–Crippen MR) is 85.3 cm³/mol. The highest BCUT2D eigenvalue weighted by Gasteiger charge is 2.12. The summed E-state index contributed by atoms with van der Waals surface area (Å²) in [5.74, 6) is -0.951. The van der Waals surface area contributed by atoms with Crippen LogP contribution in [0, 0.1) is 0 Å². The van der Waals surface area contributed by atoms with Crippen LogP contribution in [0.25, 0.3) is 0 Å². The lowest BCUT2D eigenvalue weighted by Crippen LogP contribution is -2.13. The van der Waals surface area contributed by atoms with Gasteiger partial charge in [0, 0.05) is 12.2 Å². The molecule has 1 unspecified atom stereocenters. The van der Waals surface area contributed by atoms with Gasteiger partial charge in [0.2, 0.25) is 0 Å². The summed E-state index contributed by atoms with van der Waals surface area (Å²) in [4.78, 5) is 10.8. The van der Waals surface area contributed by atoms with E-state index in [1.807, 2.05) is 0 Å². The van der Waals surface area contributed by atoms with Gasteiger partial charge in [0.25, 0.3) is 0 Å². The van der Waals surface area contributed by atoms with Crippen molar-refractivity contribution in [3.05, 3.63) is 11.1 Å². The van der Waals surface area contributed by atoms with Crippen molar-refractivity contribution < 1.29 is 20.1 Å². The minimum absolute atomic E-state index is 0.255. The third kappa shape index (κ3) is 10.5. The molecule has 0 amide bonds. The van der Waals surface area contributed by atoms with E-state index in [1.165, 1.54) is 39.0 Å². The molecule has 0 aliphatic carbocycles. The molecule has 0 aromatic rings. The molecule has 0 fully saturated rings. The van der Waals surface area contributed by atoms with Gasteiger partial charge in [0.05, 0.1) is 6.10 Å². The second-order valence-electron chi connectivity index (χ2n) is 5.82. The number of aliphatic carboxylic acids is 1. The van der Waals surface area contributed by atoms with Crippen molar-refractivity contribution in [2.75, 3.05) is 6.61 Å². The fraction of sp³-hybridized carbons (Fsp3) is 0.824. The normalized spacial score (nSPS) is 13.9. The highest BCUT2D eigenvalue weighted by atomic mass is 16.4. The molecule has 1 atom stereocenters. The van der Waals surface area contributed by atoms with Crippen molar-refractivity contribution in [2.45, 2.75) is 84.2 Å². The zero-order valence-corrected chi connectivity index (χ0v) is 13.6. The molecular weight excluding hydrogens is 268 g/mol. The number of unbranched alkanes of at least 4 members (excludes halogenated alkanes) is 8. The van der Waals surface area contributed by atoms with Crippen molar-refractivity contribution >= 4 is 5.97 Å². The van der Waals surface area contributed by atoms with Crippen LogP contribution in [0.2, 0.25) is 0 Å². The molecule has 124 valence electrons. The minimum atomic E-state index is -0.951. The van der Waals surface area contributed by atoms with Gasteiger partial charge in [-0.05, 0) is 32.3 Å². The molecule has 0 saturated carbocycles. The standard InChI is InChI=1S/C17H32O4/c1-14(15(2)17(20)21)16(19)12-10-8-6-4-3-5-7-9-11-13-18/h16,18-19H,3-13H2,1-2H3,(H,20,21). The van der Waals surface area contributed by atoms with Crippen molar-refractivity contribution in [1.82, 2.24) is 0 Å². The largest absolute Gasteiger partial charge is 0.478 e. The van der Waals surface area contributed by atoms with Gasteiger partial charge in [0.1, 0.15) is 0 Å². The number of rotatable bonds is 13. The molecule has 0 saturated heterocycles. The molecular formula is C17H32O4. The van der Waals surface area contributed by atoms with Crippen LogP contribution in [0.1, 0.15) is 78.1 Å². The van der Waals surface area contributed by atoms with Crippen molar-refractivity contribution in [3.63, 3.8) is 0 Å². The Hall–Kier alpha value is -0.870. The first kappa shape index (κ1) is 20.1. The molecule has 3 N–H and O–H groups in total.